The lowest BCUT2D eigenvalue weighted by Crippen LogP contribution is -2.55. The normalized spacial score (nSPS) is 15.3. The maximum absolute atomic E-state index is 13.0. The average Bonchev–Trinajstić information content (AvgIpc) is 2.71. The zero-order chi connectivity index (χ0) is 20.0. The fourth-order valence-corrected chi connectivity index (χ4v) is 3.06. The fraction of sp³-hybridized carbons (Fsp3) is 0.556. The maximum Gasteiger partial charge on any atom is 0.257 e. The summed E-state index contributed by atoms with van der Waals surface area (Å²) in [5.41, 5.74) is 6.18. The highest BCUT2D eigenvalue weighted by molar-refractivity contribution is 5.98. The van der Waals surface area contributed by atoms with Gasteiger partial charge in [-0.2, -0.15) is 0 Å². The van der Waals surface area contributed by atoms with Crippen LogP contribution >= 0.6 is 0 Å². The Hall–Kier alpha value is -2.52. The van der Waals surface area contributed by atoms with Crippen LogP contribution in [-0.2, 0) is 9.53 Å². The number of carbonyl (C=O) groups is 2. The molecule has 0 saturated carbocycles. The van der Waals surface area contributed by atoms with Crippen molar-refractivity contribution < 1.29 is 28.5 Å². The molecule has 150 valence electrons. The molecule has 0 radical (unpaired) electrons. The number of hydrogen-bond acceptors (Lipinski definition) is 7. The van der Waals surface area contributed by atoms with Crippen molar-refractivity contribution >= 4 is 11.8 Å². The van der Waals surface area contributed by atoms with E-state index in [1.165, 1.54) is 28.4 Å². The van der Waals surface area contributed by atoms with E-state index >= 15 is 0 Å². The molecule has 1 aliphatic rings. The SMILES string of the molecule is COCC(N)C(=O)N1CCN(C(=O)c2ccc(OC)c(OC)c2OC)CC1. The molecule has 1 aromatic rings. The summed E-state index contributed by atoms with van der Waals surface area (Å²) in [6.07, 6.45) is 0. The molecule has 9 nitrogen and oxygen atoms in total. The van der Waals surface area contributed by atoms with E-state index in [4.69, 9.17) is 24.7 Å². The molecule has 2 rings (SSSR count). The topological polar surface area (TPSA) is 104 Å². The standard InChI is InChI=1S/C18H27N3O6/c1-24-11-13(19)18(23)21-9-7-20(8-10-21)17(22)12-5-6-14(25-2)16(27-4)15(12)26-3/h5-6,13H,7-11,19H2,1-4H3. The minimum Gasteiger partial charge on any atom is -0.493 e. The lowest BCUT2D eigenvalue weighted by molar-refractivity contribution is -0.135. The number of benzene rings is 1. The third-order valence-corrected chi connectivity index (χ3v) is 4.48. The summed E-state index contributed by atoms with van der Waals surface area (Å²) in [5.74, 6) is 0.801. The summed E-state index contributed by atoms with van der Waals surface area (Å²) < 4.78 is 20.9. The number of rotatable bonds is 7. The molecule has 0 spiro atoms. The second kappa shape index (κ2) is 9.43. The number of amides is 2. The van der Waals surface area contributed by atoms with E-state index in [1.807, 2.05) is 0 Å². The highest BCUT2D eigenvalue weighted by atomic mass is 16.5. The van der Waals surface area contributed by atoms with Crippen LogP contribution in [0.3, 0.4) is 0 Å². The molecule has 1 aromatic carbocycles. The molecule has 1 saturated heterocycles. The number of nitrogens with two attached hydrogens (primary N) is 1. The zero-order valence-corrected chi connectivity index (χ0v) is 16.2. The van der Waals surface area contributed by atoms with E-state index in [2.05, 4.69) is 0 Å². The Bertz CT molecular complexity index is 673. The van der Waals surface area contributed by atoms with Crippen molar-refractivity contribution in [3.8, 4) is 17.2 Å². The van der Waals surface area contributed by atoms with Gasteiger partial charge in [0.05, 0.1) is 33.5 Å². The van der Waals surface area contributed by atoms with Gasteiger partial charge < -0.3 is 34.5 Å². The molecule has 1 aliphatic heterocycles. The van der Waals surface area contributed by atoms with Gasteiger partial charge in [-0.15, -0.1) is 0 Å². The number of methoxy groups -OCH3 is 4. The molecule has 9 heteroatoms. The largest absolute Gasteiger partial charge is 0.493 e. The molecule has 1 heterocycles. The van der Waals surface area contributed by atoms with Crippen LogP contribution in [0.15, 0.2) is 12.1 Å². The highest BCUT2D eigenvalue weighted by Crippen LogP contribution is 2.40. The van der Waals surface area contributed by atoms with E-state index < -0.39 is 6.04 Å². The van der Waals surface area contributed by atoms with Gasteiger partial charge in [-0.1, -0.05) is 0 Å². The second-order valence-electron chi connectivity index (χ2n) is 6.06. The molecule has 2 amide bonds. The van der Waals surface area contributed by atoms with Gasteiger partial charge in [0, 0.05) is 33.3 Å². The Kier molecular flexibility index (Phi) is 7.26. The molecule has 0 aliphatic carbocycles. The van der Waals surface area contributed by atoms with Gasteiger partial charge in [-0.05, 0) is 12.1 Å². The first-order valence-corrected chi connectivity index (χ1v) is 8.60. The van der Waals surface area contributed by atoms with Crippen molar-refractivity contribution in [1.29, 1.82) is 0 Å². The monoisotopic (exact) mass is 381 g/mol. The molecular weight excluding hydrogens is 354 g/mol. The van der Waals surface area contributed by atoms with Gasteiger partial charge in [0.2, 0.25) is 11.7 Å². The van der Waals surface area contributed by atoms with E-state index in [0.717, 1.165) is 0 Å². The smallest absolute Gasteiger partial charge is 0.257 e. The first kappa shape index (κ1) is 20.8. The highest BCUT2D eigenvalue weighted by Gasteiger charge is 2.30. The Morgan fingerprint density at radius 3 is 2.07 bits per heavy atom. The van der Waals surface area contributed by atoms with Crippen LogP contribution < -0.4 is 19.9 Å². The van der Waals surface area contributed by atoms with Gasteiger partial charge in [0.25, 0.3) is 5.91 Å². The van der Waals surface area contributed by atoms with Crippen molar-refractivity contribution in [3.63, 3.8) is 0 Å². The third kappa shape index (κ3) is 4.42. The lowest BCUT2D eigenvalue weighted by Gasteiger charge is -2.36. The van der Waals surface area contributed by atoms with Crippen LogP contribution in [0.2, 0.25) is 0 Å². The molecule has 0 aromatic heterocycles. The molecular formula is C18H27N3O6. The number of piperazine rings is 1. The Labute approximate surface area is 158 Å². The number of ether oxygens (including phenoxy) is 4. The molecule has 2 N–H and O–H groups in total. The van der Waals surface area contributed by atoms with Crippen molar-refractivity contribution in [2.45, 2.75) is 6.04 Å². The van der Waals surface area contributed by atoms with Gasteiger partial charge >= 0.3 is 0 Å². The first-order valence-electron chi connectivity index (χ1n) is 8.60. The van der Waals surface area contributed by atoms with E-state index in [9.17, 15) is 9.59 Å². The summed E-state index contributed by atoms with van der Waals surface area (Å²) in [6, 6.07) is 2.62. The second-order valence-corrected chi connectivity index (χ2v) is 6.06. The predicted molar refractivity (Wildman–Crippen MR) is 98.4 cm³/mol. The summed E-state index contributed by atoms with van der Waals surface area (Å²) in [7, 11) is 5.98. The Morgan fingerprint density at radius 1 is 0.963 bits per heavy atom. The summed E-state index contributed by atoms with van der Waals surface area (Å²) in [5, 5.41) is 0. The lowest BCUT2D eigenvalue weighted by atomic mass is 10.1. The van der Waals surface area contributed by atoms with Crippen LogP contribution in [-0.4, -0.2) is 88.9 Å². The molecule has 1 atom stereocenters. The average molecular weight is 381 g/mol. The molecule has 27 heavy (non-hydrogen) atoms. The quantitative estimate of drug-likeness (QED) is 0.707. The van der Waals surface area contributed by atoms with Crippen LogP contribution in [0, 0.1) is 0 Å². The minimum atomic E-state index is -0.691. The molecule has 1 fully saturated rings. The van der Waals surface area contributed by atoms with E-state index in [-0.39, 0.29) is 18.4 Å². The summed E-state index contributed by atoms with van der Waals surface area (Å²) in [6.45, 7) is 1.81. The number of carbonyl (C=O) groups excluding carboxylic acids is 2. The van der Waals surface area contributed by atoms with Gasteiger partial charge in [0.1, 0.15) is 6.04 Å². The maximum atomic E-state index is 13.0. The zero-order valence-electron chi connectivity index (χ0n) is 16.2. The van der Waals surface area contributed by atoms with Gasteiger partial charge in [-0.25, -0.2) is 0 Å². The Morgan fingerprint density at radius 2 is 1.56 bits per heavy atom. The molecule has 1 unspecified atom stereocenters. The van der Waals surface area contributed by atoms with Gasteiger partial charge in [-0.3, -0.25) is 9.59 Å². The van der Waals surface area contributed by atoms with Crippen molar-refractivity contribution in [1.82, 2.24) is 9.80 Å². The number of nitrogens with zero attached hydrogens (tertiary/aromatic N) is 2. The van der Waals surface area contributed by atoms with Gasteiger partial charge in [0.15, 0.2) is 11.5 Å². The summed E-state index contributed by atoms with van der Waals surface area (Å²) >= 11 is 0. The van der Waals surface area contributed by atoms with Crippen LogP contribution in [0.5, 0.6) is 17.2 Å². The van der Waals surface area contributed by atoms with E-state index in [1.54, 1.807) is 21.9 Å². The molecule has 0 bridgehead atoms. The van der Waals surface area contributed by atoms with Crippen LogP contribution in [0.1, 0.15) is 10.4 Å². The fourth-order valence-electron chi connectivity index (χ4n) is 3.06. The van der Waals surface area contributed by atoms with Crippen molar-refractivity contribution in [3.05, 3.63) is 17.7 Å². The first-order chi connectivity index (χ1) is 13.0. The number of hydrogen-bond donors (Lipinski definition) is 1. The third-order valence-electron chi connectivity index (χ3n) is 4.48. The van der Waals surface area contributed by atoms with Crippen LogP contribution in [0.25, 0.3) is 0 Å². The Balaban J connectivity index is 2.11. The van der Waals surface area contributed by atoms with Crippen LogP contribution in [0.4, 0.5) is 0 Å². The van der Waals surface area contributed by atoms with Crippen molar-refractivity contribution in [2.75, 3.05) is 61.2 Å². The summed E-state index contributed by atoms with van der Waals surface area (Å²) in [4.78, 5) is 28.5. The van der Waals surface area contributed by atoms with E-state index in [0.29, 0.717) is 49.0 Å². The predicted octanol–water partition coefficient (Wildman–Crippen LogP) is -0.0295. The minimum absolute atomic E-state index is 0.167. The van der Waals surface area contributed by atoms with Crippen molar-refractivity contribution in [2.24, 2.45) is 5.73 Å².